The topological polar surface area (TPSA) is 27.8 Å². The second-order valence-electron chi connectivity index (χ2n) is 8.80. The van der Waals surface area contributed by atoms with E-state index in [0.29, 0.717) is 0 Å². The molecule has 0 bridgehead atoms. The van der Waals surface area contributed by atoms with Crippen molar-refractivity contribution >= 4 is 33.1 Å². The van der Waals surface area contributed by atoms with Gasteiger partial charge in [-0.3, -0.25) is 0 Å². The predicted molar refractivity (Wildman–Crippen MR) is 116 cm³/mol. The minimum Gasteiger partial charge on any atom is -0.376 e. The molecule has 4 rings (SSSR count). The van der Waals surface area contributed by atoms with E-state index in [9.17, 15) is 0 Å². The van der Waals surface area contributed by atoms with Gasteiger partial charge in [0.05, 0.1) is 11.1 Å². The monoisotopic (exact) mass is 346 g/mol. The number of hydrogen-bond acceptors (Lipinski definition) is 1. The predicted octanol–water partition coefficient (Wildman–Crippen LogP) is 6.78. The van der Waals surface area contributed by atoms with Crippen LogP contribution >= 0.6 is 0 Å². The van der Waals surface area contributed by atoms with Gasteiger partial charge in [-0.1, -0.05) is 6.08 Å². The molecule has 0 fully saturated rings. The maximum absolute atomic E-state index is 3.83. The molecule has 136 valence electrons. The Morgan fingerprint density at radius 2 is 1.19 bits per heavy atom. The lowest BCUT2D eigenvalue weighted by Gasteiger charge is -2.33. The molecule has 0 saturated heterocycles. The molecule has 2 aromatic carbocycles. The molecule has 2 N–H and O–H groups in total. The SMILES string of the molecule is CC1=CC(C)(C)Nc2c(C)c(C)c3c([nH]c4c(C)c(C)c(C)c(C)c43)c21. The summed E-state index contributed by atoms with van der Waals surface area (Å²) < 4.78 is 0. The van der Waals surface area contributed by atoms with Crippen LogP contribution in [0.3, 0.4) is 0 Å². The Morgan fingerprint density at radius 3 is 1.85 bits per heavy atom. The zero-order chi connectivity index (χ0) is 19.1. The quantitative estimate of drug-likeness (QED) is 0.461. The van der Waals surface area contributed by atoms with Crippen LogP contribution in [-0.4, -0.2) is 10.5 Å². The number of allylic oxidation sites excluding steroid dienone is 1. The largest absolute Gasteiger partial charge is 0.376 e. The smallest absolute Gasteiger partial charge is 0.0565 e. The van der Waals surface area contributed by atoms with Gasteiger partial charge >= 0.3 is 0 Å². The van der Waals surface area contributed by atoms with Crippen LogP contribution in [-0.2, 0) is 0 Å². The third kappa shape index (κ3) is 2.05. The van der Waals surface area contributed by atoms with Crippen molar-refractivity contribution in [2.24, 2.45) is 0 Å². The number of fused-ring (bicyclic) bond motifs is 5. The van der Waals surface area contributed by atoms with E-state index in [1.807, 2.05) is 0 Å². The molecule has 0 spiro atoms. The van der Waals surface area contributed by atoms with E-state index in [-0.39, 0.29) is 5.54 Å². The number of aromatic amines is 1. The van der Waals surface area contributed by atoms with Crippen molar-refractivity contribution in [1.29, 1.82) is 0 Å². The Bertz CT molecular complexity index is 1140. The Labute approximate surface area is 156 Å². The summed E-state index contributed by atoms with van der Waals surface area (Å²) >= 11 is 0. The van der Waals surface area contributed by atoms with Crippen LogP contribution in [0, 0.1) is 41.5 Å². The van der Waals surface area contributed by atoms with E-state index in [0.717, 1.165) is 0 Å². The fourth-order valence-corrected chi connectivity index (χ4v) is 4.87. The fourth-order valence-electron chi connectivity index (χ4n) is 4.87. The molecule has 2 nitrogen and oxygen atoms in total. The van der Waals surface area contributed by atoms with Crippen LogP contribution < -0.4 is 5.32 Å². The van der Waals surface area contributed by atoms with E-state index in [1.54, 1.807) is 0 Å². The first-order valence-corrected chi connectivity index (χ1v) is 9.58. The van der Waals surface area contributed by atoms with E-state index in [1.165, 1.54) is 72.0 Å². The molecule has 1 aliphatic rings. The molecule has 3 aromatic rings. The van der Waals surface area contributed by atoms with E-state index < -0.39 is 0 Å². The lowest BCUT2D eigenvalue weighted by atomic mass is 9.85. The second-order valence-corrected chi connectivity index (χ2v) is 8.80. The fraction of sp³-hybridized carbons (Fsp3) is 0.417. The Kier molecular flexibility index (Phi) is 3.41. The first-order valence-electron chi connectivity index (χ1n) is 9.58. The second kappa shape index (κ2) is 5.16. The molecule has 2 heteroatoms. The number of hydrogen-bond donors (Lipinski definition) is 2. The molecular formula is C24H30N2. The highest BCUT2D eigenvalue weighted by Crippen LogP contribution is 2.46. The normalized spacial score (nSPS) is 16.0. The van der Waals surface area contributed by atoms with Gasteiger partial charge in [-0.25, -0.2) is 0 Å². The third-order valence-corrected chi connectivity index (χ3v) is 6.67. The van der Waals surface area contributed by atoms with Crippen molar-refractivity contribution in [2.75, 3.05) is 5.32 Å². The minimum absolute atomic E-state index is 0.0208. The average molecular weight is 347 g/mol. The number of benzene rings is 2. The molecule has 0 saturated carbocycles. The van der Waals surface area contributed by atoms with Crippen LogP contribution in [0.4, 0.5) is 5.69 Å². The molecule has 0 radical (unpaired) electrons. The van der Waals surface area contributed by atoms with Gasteiger partial charge in [0.15, 0.2) is 0 Å². The van der Waals surface area contributed by atoms with Crippen molar-refractivity contribution < 1.29 is 0 Å². The summed E-state index contributed by atoms with van der Waals surface area (Å²) in [5.74, 6) is 0. The van der Waals surface area contributed by atoms with Gasteiger partial charge < -0.3 is 10.3 Å². The summed E-state index contributed by atoms with van der Waals surface area (Å²) in [5.41, 5.74) is 14.9. The summed E-state index contributed by atoms with van der Waals surface area (Å²) in [6.45, 7) is 20.3. The molecule has 0 amide bonds. The molecule has 2 heterocycles. The third-order valence-electron chi connectivity index (χ3n) is 6.67. The number of aromatic nitrogens is 1. The van der Waals surface area contributed by atoms with Gasteiger partial charge in [-0.05, 0) is 101 Å². The molecule has 26 heavy (non-hydrogen) atoms. The van der Waals surface area contributed by atoms with Gasteiger partial charge in [0.1, 0.15) is 0 Å². The molecule has 0 aliphatic carbocycles. The molecule has 1 aliphatic heterocycles. The zero-order valence-electron chi connectivity index (χ0n) is 17.6. The number of nitrogens with one attached hydrogen (secondary N) is 2. The van der Waals surface area contributed by atoms with Crippen LogP contribution in [0.25, 0.3) is 27.4 Å². The lowest BCUT2D eigenvalue weighted by Crippen LogP contribution is -2.32. The zero-order valence-corrected chi connectivity index (χ0v) is 17.6. The van der Waals surface area contributed by atoms with Crippen LogP contribution in [0.5, 0.6) is 0 Å². The van der Waals surface area contributed by atoms with Crippen LogP contribution in [0.1, 0.15) is 59.7 Å². The Balaban J connectivity index is 2.29. The maximum atomic E-state index is 3.83. The van der Waals surface area contributed by atoms with Gasteiger partial charge in [0.25, 0.3) is 0 Å². The standard InChI is InChI=1S/C24H30N2/c1-11-10-24(8,9)26-22-17(7)15(5)20-19-14(4)12(2)13(3)16(6)21(19)25-23(20)18(11)22/h10,25-26H,1-9H3. The van der Waals surface area contributed by atoms with Crippen molar-refractivity contribution in [3.05, 3.63) is 45.0 Å². The van der Waals surface area contributed by atoms with Crippen molar-refractivity contribution in [2.45, 2.75) is 67.9 Å². The van der Waals surface area contributed by atoms with Crippen molar-refractivity contribution in [3.8, 4) is 0 Å². The summed E-state index contributed by atoms with van der Waals surface area (Å²) in [5, 5.41) is 6.57. The van der Waals surface area contributed by atoms with Gasteiger partial charge in [0.2, 0.25) is 0 Å². The first kappa shape index (κ1) is 17.2. The van der Waals surface area contributed by atoms with Crippen LogP contribution in [0.15, 0.2) is 6.08 Å². The van der Waals surface area contributed by atoms with Crippen molar-refractivity contribution in [3.63, 3.8) is 0 Å². The summed E-state index contributed by atoms with van der Waals surface area (Å²) in [6, 6.07) is 0. The number of rotatable bonds is 0. The van der Waals surface area contributed by atoms with Gasteiger partial charge in [0, 0.05) is 27.5 Å². The highest BCUT2D eigenvalue weighted by Gasteiger charge is 2.28. The van der Waals surface area contributed by atoms with E-state index in [4.69, 9.17) is 0 Å². The number of anilines is 1. The number of aryl methyl sites for hydroxylation is 3. The minimum atomic E-state index is -0.0208. The summed E-state index contributed by atoms with van der Waals surface area (Å²) in [4.78, 5) is 3.83. The lowest BCUT2D eigenvalue weighted by molar-refractivity contribution is 0.706. The molecule has 0 atom stereocenters. The van der Waals surface area contributed by atoms with Gasteiger partial charge in [-0.15, -0.1) is 0 Å². The summed E-state index contributed by atoms with van der Waals surface area (Å²) in [7, 11) is 0. The van der Waals surface area contributed by atoms with E-state index in [2.05, 4.69) is 78.7 Å². The summed E-state index contributed by atoms with van der Waals surface area (Å²) in [6.07, 6.45) is 2.35. The maximum Gasteiger partial charge on any atom is 0.0565 e. The highest BCUT2D eigenvalue weighted by molar-refractivity contribution is 6.17. The average Bonchev–Trinajstić information content (AvgIpc) is 2.95. The van der Waals surface area contributed by atoms with Crippen LogP contribution in [0.2, 0.25) is 0 Å². The first-order chi connectivity index (χ1) is 12.0. The van der Waals surface area contributed by atoms with E-state index >= 15 is 0 Å². The molecule has 0 unspecified atom stereocenters. The highest BCUT2D eigenvalue weighted by atomic mass is 15.0. The Hall–Kier alpha value is -2.22. The number of H-pyrrole nitrogens is 1. The Morgan fingerprint density at radius 1 is 0.654 bits per heavy atom. The molecular weight excluding hydrogens is 316 g/mol. The molecule has 1 aromatic heterocycles. The van der Waals surface area contributed by atoms with Gasteiger partial charge in [-0.2, -0.15) is 0 Å². The van der Waals surface area contributed by atoms with Crippen molar-refractivity contribution in [1.82, 2.24) is 4.98 Å².